The van der Waals surface area contributed by atoms with Crippen molar-refractivity contribution in [1.29, 1.82) is 0 Å². The molecule has 0 saturated carbocycles. The number of anilines is 2. The number of ether oxygens (including phenoxy) is 1. The van der Waals surface area contributed by atoms with Crippen molar-refractivity contribution in [2.45, 2.75) is 36.6 Å². The molecule has 0 unspecified atom stereocenters. The van der Waals surface area contributed by atoms with E-state index < -0.39 is 28.4 Å². The molecular weight excluding hydrogens is 412 g/mol. The summed E-state index contributed by atoms with van der Waals surface area (Å²) in [5.41, 5.74) is 0.671. The Bertz CT molecular complexity index is 953. The molecular formula is C18H20ClF2N3O3S. The number of rotatable bonds is 5. The van der Waals surface area contributed by atoms with Crippen molar-refractivity contribution in [1.82, 2.24) is 9.71 Å². The lowest BCUT2D eigenvalue weighted by atomic mass is 10.1. The number of para-hydroxylation sites is 1. The van der Waals surface area contributed by atoms with Gasteiger partial charge in [-0.1, -0.05) is 29.8 Å². The van der Waals surface area contributed by atoms with Crippen LogP contribution in [0.1, 0.15) is 19.8 Å². The van der Waals surface area contributed by atoms with Crippen LogP contribution in [-0.4, -0.2) is 39.0 Å². The van der Waals surface area contributed by atoms with Crippen LogP contribution < -0.4 is 14.4 Å². The predicted octanol–water partition coefficient (Wildman–Crippen LogP) is 3.98. The van der Waals surface area contributed by atoms with E-state index >= 15 is 0 Å². The molecule has 0 saturated heterocycles. The maximum absolute atomic E-state index is 13.4. The molecule has 6 nitrogen and oxygen atoms in total. The van der Waals surface area contributed by atoms with Gasteiger partial charge in [-0.2, -0.15) is 0 Å². The van der Waals surface area contributed by atoms with Crippen LogP contribution in [0.25, 0.3) is 0 Å². The third-order valence-electron chi connectivity index (χ3n) is 4.38. The second kappa shape index (κ2) is 7.81. The molecule has 1 N–H and O–H groups in total. The Hall–Kier alpha value is -1.97. The number of methoxy groups -OCH3 is 1. The van der Waals surface area contributed by atoms with Crippen molar-refractivity contribution in [3.63, 3.8) is 0 Å². The minimum atomic E-state index is -4.02. The molecule has 1 aliphatic rings. The van der Waals surface area contributed by atoms with Gasteiger partial charge in [0.2, 0.25) is 15.9 Å². The molecule has 2 aromatic rings. The molecule has 0 radical (unpaired) electrons. The van der Waals surface area contributed by atoms with Gasteiger partial charge < -0.3 is 9.64 Å². The molecule has 0 amide bonds. The maximum Gasteiger partial charge on any atom is 0.245 e. The van der Waals surface area contributed by atoms with Gasteiger partial charge in [0.15, 0.2) is 16.7 Å². The van der Waals surface area contributed by atoms with Crippen molar-refractivity contribution in [3.8, 4) is 5.75 Å². The van der Waals surface area contributed by atoms with Crippen LogP contribution in [0.15, 0.2) is 41.3 Å². The fraction of sp³-hybridized carbons (Fsp3) is 0.389. The van der Waals surface area contributed by atoms with E-state index in [1.807, 2.05) is 6.07 Å². The number of nitrogens with zero attached hydrogens (tertiary/aromatic N) is 2. The number of alkyl halides is 2. The van der Waals surface area contributed by atoms with E-state index in [1.54, 1.807) is 29.2 Å². The second-order valence-corrected chi connectivity index (χ2v) is 8.72. The minimum absolute atomic E-state index is 0.0101. The fourth-order valence-electron chi connectivity index (χ4n) is 3.02. The summed E-state index contributed by atoms with van der Waals surface area (Å²) in [6.45, 7) is 0.941. The quantitative estimate of drug-likeness (QED) is 0.725. The van der Waals surface area contributed by atoms with Gasteiger partial charge in [-0.15, -0.1) is 0 Å². The fourth-order valence-corrected chi connectivity index (χ4v) is 4.65. The summed E-state index contributed by atoms with van der Waals surface area (Å²) in [4.78, 5) is 5.78. The van der Waals surface area contributed by atoms with Crippen molar-refractivity contribution >= 4 is 33.1 Å². The molecule has 3 rings (SSSR count). The first-order valence-corrected chi connectivity index (χ1v) is 10.4. The number of sulfonamides is 1. The van der Waals surface area contributed by atoms with Gasteiger partial charge in [-0.25, -0.2) is 26.9 Å². The molecule has 28 heavy (non-hydrogen) atoms. The largest absolute Gasteiger partial charge is 0.493 e. The molecule has 1 aliphatic heterocycles. The van der Waals surface area contributed by atoms with Gasteiger partial charge in [-0.05, 0) is 25.5 Å². The first kappa shape index (κ1) is 20.8. The maximum atomic E-state index is 13.4. The average Bonchev–Trinajstić information content (AvgIpc) is 2.73. The van der Waals surface area contributed by atoms with Crippen molar-refractivity contribution < 1.29 is 21.9 Å². The summed E-state index contributed by atoms with van der Waals surface area (Å²) in [5.74, 6) is -2.67. The minimum Gasteiger partial charge on any atom is -0.493 e. The lowest BCUT2D eigenvalue weighted by molar-refractivity contribution is 0.00907. The van der Waals surface area contributed by atoms with Crippen LogP contribution in [0.2, 0.25) is 5.15 Å². The summed E-state index contributed by atoms with van der Waals surface area (Å²) < 4.78 is 60.2. The van der Waals surface area contributed by atoms with Gasteiger partial charge in [0.25, 0.3) is 0 Å². The van der Waals surface area contributed by atoms with Gasteiger partial charge in [0, 0.05) is 30.8 Å². The molecule has 1 aromatic heterocycles. The topological polar surface area (TPSA) is 71.5 Å². The number of pyridine rings is 1. The molecule has 2 heterocycles. The van der Waals surface area contributed by atoms with Crippen LogP contribution in [0, 0.1) is 0 Å². The monoisotopic (exact) mass is 431 g/mol. The van der Waals surface area contributed by atoms with E-state index in [0.29, 0.717) is 5.69 Å². The molecule has 10 heteroatoms. The van der Waals surface area contributed by atoms with E-state index in [2.05, 4.69) is 9.71 Å². The van der Waals surface area contributed by atoms with Crippen LogP contribution in [0.4, 0.5) is 20.3 Å². The van der Waals surface area contributed by atoms with Gasteiger partial charge in [0.05, 0.1) is 7.11 Å². The molecule has 1 atom stereocenters. The standard InChI is InChI=1S/C18H20ClF2N3O3S/c1-18(20,21)9-8-12-11-24(13-6-4-3-5-7-13)17-15(28(25,26)23-12)10-14(27-2)16(19)22-17/h3-7,10,12,23H,8-9,11H2,1-2H3/t12-/m1/s1. The van der Waals surface area contributed by atoms with Crippen molar-refractivity contribution in [2.24, 2.45) is 0 Å². The Labute approximate surface area is 167 Å². The summed E-state index contributed by atoms with van der Waals surface area (Å²) in [7, 11) is -2.67. The molecule has 152 valence electrons. The van der Waals surface area contributed by atoms with Gasteiger partial charge in [0.1, 0.15) is 4.90 Å². The number of benzene rings is 1. The van der Waals surface area contributed by atoms with Crippen molar-refractivity contribution in [2.75, 3.05) is 18.6 Å². The number of halogens is 3. The Morgan fingerprint density at radius 1 is 1.36 bits per heavy atom. The normalized spacial score (nSPS) is 19.0. The number of hydrogen-bond donors (Lipinski definition) is 1. The third kappa shape index (κ3) is 4.53. The smallest absolute Gasteiger partial charge is 0.245 e. The summed E-state index contributed by atoms with van der Waals surface area (Å²) in [5, 5.41) is 0.0101. The molecule has 0 bridgehead atoms. The Morgan fingerprint density at radius 2 is 2.04 bits per heavy atom. The highest BCUT2D eigenvalue weighted by molar-refractivity contribution is 7.89. The van der Waals surface area contributed by atoms with E-state index in [-0.39, 0.29) is 34.6 Å². The number of aromatic nitrogens is 1. The predicted molar refractivity (Wildman–Crippen MR) is 103 cm³/mol. The molecule has 0 spiro atoms. The Balaban J connectivity index is 2.11. The zero-order chi connectivity index (χ0) is 20.5. The van der Waals surface area contributed by atoms with Crippen molar-refractivity contribution in [3.05, 3.63) is 41.6 Å². The lowest BCUT2D eigenvalue weighted by Crippen LogP contribution is -2.40. The third-order valence-corrected chi connectivity index (χ3v) is 6.17. The molecule has 1 aromatic carbocycles. The number of fused-ring (bicyclic) bond motifs is 1. The van der Waals surface area contributed by atoms with Gasteiger partial charge in [-0.3, -0.25) is 0 Å². The summed E-state index contributed by atoms with van der Waals surface area (Å²) in [6.07, 6.45) is -0.485. The number of hydrogen-bond acceptors (Lipinski definition) is 5. The Kier molecular flexibility index (Phi) is 5.79. The SMILES string of the molecule is COc1cc2c(nc1Cl)N(c1ccccc1)C[C@@H](CCC(C)(F)F)NS2(=O)=O. The highest BCUT2D eigenvalue weighted by Gasteiger charge is 2.35. The Morgan fingerprint density at radius 3 is 2.64 bits per heavy atom. The number of nitrogens with one attached hydrogen (secondary N) is 1. The van der Waals surface area contributed by atoms with Crippen LogP contribution >= 0.6 is 11.6 Å². The zero-order valence-corrected chi connectivity index (χ0v) is 16.9. The molecule has 0 fully saturated rings. The van der Waals surface area contributed by atoms with Gasteiger partial charge >= 0.3 is 0 Å². The second-order valence-electron chi connectivity index (χ2n) is 6.68. The van der Waals surface area contributed by atoms with Crippen LogP contribution in [0.5, 0.6) is 5.75 Å². The highest BCUT2D eigenvalue weighted by Crippen LogP contribution is 2.38. The average molecular weight is 432 g/mol. The van der Waals surface area contributed by atoms with E-state index in [4.69, 9.17) is 16.3 Å². The first-order chi connectivity index (χ1) is 13.1. The van der Waals surface area contributed by atoms with E-state index in [1.165, 1.54) is 13.2 Å². The van der Waals surface area contributed by atoms with E-state index in [0.717, 1.165) is 6.92 Å². The van der Waals surface area contributed by atoms with Crippen LogP contribution in [0.3, 0.4) is 0 Å². The summed E-state index contributed by atoms with van der Waals surface area (Å²) in [6, 6.07) is 9.53. The summed E-state index contributed by atoms with van der Waals surface area (Å²) >= 11 is 6.14. The zero-order valence-electron chi connectivity index (χ0n) is 15.3. The van der Waals surface area contributed by atoms with Crippen LogP contribution in [-0.2, 0) is 10.0 Å². The highest BCUT2D eigenvalue weighted by atomic mass is 35.5. The van der Waals surface area contributed by atoms with E-state index in [9.17, 15) is 17.2 Å². The lowest BCUT2D eigenvalue weighted by Gasteiger charge is -2.26. The first-order valence-electron chi connectivity index (χ1n) is 8.58. The molecule has 0 aliphatic carbocycles.